The first kappa shape index (κ1) is 15.9. The van der Waals surface area contributed by atoms with Gasteiger partial charge in [0, 0.05) is 13.5 Å². The fourth-order valence-electron chi connectivity index (χ4n) is 2.37. The number of aryl methyl sites for hydroxylation is 2. The average molecular weight is 325 g/mol. The minimum atomic E-state index is -0.345. The molecule has 0 aliphatic heterocycles. The third-order valence-electron chi connectivity index (χ3n) is 3.72. The van der Waals surface area contributed by atoms with Crippen LogP contribution in [-0.2, 0) is 18.3 Å². The summed E-state index contributed by atoms with van der Waals surface area (Å²) in [6.07, 6.45) is 4.44. The molecule has 3 rings (SSSR count). The highest BCUT2D eigenvalue weighted by molar-refractivity contribution is 5.76. The Morgan fingerprint density at radius 3 is 2.83 bits per heavy atom. The molecule has 2 aromatic heterocycles. The van der Waals surface area contributed by atoms with E-state index in [9.17, 15) is 4.79 Å². The van der Waals surface area contributed by atoms with E-state index in [-0.39, 0.29) is 11.9 Å². The molecule has 0 saturated carbocycles. The maximum absolute atomic E-state index is 12.1. The van der Waals surface area contributed by atoms with Crippen LogP contribution < -0.4 is 5.32 Å². The van der Waals surface area contributed by atoms with E-state index in [4.69, 9.17) is 4.52 Å². The zero-order valence-corrected chi connectivity index (χ0v) is 13.6. The molecule has 7 heteroatoms. The molecule has 0 aliphatic carbocycles. The smallest absolute Gasteiger partial charge is 0.249 e. The van der Waals surface area contributed by atoms with Crippen molar-refractivity contribution in [2.75, 3.05) is 0 Å². The van der Waals surface area contributed by atoms with Gasteiger partial charge in [0.15, 0.2) is 0 Å². The molecular weight excluding hydrogens is 306 g/mol. The number of carbonyl (C=O) groups excluding carboxylic acids is 1. The van der Waals surface area contributed by atoms with Crippen molar-refractivity contribution in [1.82, 2.24) is 25.0 Å². The molecule has 24 heavy (non-hydrogen) atoms. The molecule has 3 aromatic rings. The van der Waals surface area contributed by atoms with Crippen molar-refractivity contribution >= 4 is 5.91 Å². The van der Waals surface area contributed by atoms with E-state index < -0.39 is 0 Å². The van der Waals surface area contributed by atoms with E-state index in [2.05, 4.69) is 20.4 Å². The fourth-order valence-corrected chi connectivity index (χ4v) is 2.37. The summed E-state index contributed by atoms with van der Waals surface area (Å²) in [5.74, 6) is 0.779. The highest BCUT2D eigenvalue weighted by Gasteiger charge is 2.18. The Balaban J connectivity index is 1.57. The number of imidazole rings is 1. The summed E-state index contributed by atoms with van der Waals surface area (Å²) < 4.78 is 7.06. The Hall–Kier alpha value is -2.96. The molecule has 0 spiro atoms. The van der Waals surface area contributed by atoms with E-state index in [0.29, 0.717) is 24.6 Å². The Bertz CT molecular complexity index is 809. The van der Waals surface area contributed by atoms with Crippen LogP contribution in [0.5, 0.6) is 0 Å². The minimum Gasteiger partial charge on any atom is -0.345 e. The lowest BCUT2D eigenvalue weighted by molar-refractivity contribution is -0.121. The molecule has 0 unspecified atom stereocenters. The number of benzene rings is 1. The number of hydrogen-bond acceptors (Lipinski definition) is 5. The molecular formula is C17H19N5O2. The van der Waals surface area contributed by atoms with Gasteiger partial charge in [-0.2, -0.15) is 4.98 Å². The zero-order valence-electron chi connectivity index (χ0n) is 13.6. The molecule has 7 nitrogen and oxygen atoms in total. The van der Waals surface area contributed by atoms with E-state index in [1.807, 2.05) is 44.3 Å². The van der Waals surface area contributed by atoms with Crippen molar-refractivity contribution in [3.05, 3.63) is 54.3 Å². The largest absolute Gasteiger partial charge is 0.345 e. The maximum atomic E-state index is 12.1. The zero-order chi connectivity index (χ0) is 16.9. The molecule has 1 amide bonds. The van der Waals surface area contributed by atoms with Gasteiger partial charge in [-0.15, -0.1) is 0 Å². The fraction of sp³-hybridized carbons (Fsp3) is 0.294. The molecule has 2 heterocycles. The molecule has 1 aromatic carbocycles. The van der Waals surface area contributed by atoms with Crippen LogP contribution in [0.15, 0.2) is 47.4 Å². The number of nitrogens with zero attached hydrogens (tertiary/aromatic N) is 4. The molecule has 0 aliphatic rings. The monoisotopic (exact) mass is 325 g/mol. The lowest BCUT2D eigenvalue weighted by Crippen LogP contribution is -2.27. The van der Waals surface area contributed by atoms with Crippen molar-refractivity contribution in [3.63, 3.8) is 0 Å². The van der Waals surface area contributed by atoms with Crippen LogP contribution in [0.4, 0.5) is 0 Å². The Labute approximate surface area is 139 Å². The van der Waals surface area contributed by atoms with Crippen LogP contribution in [0.3, 0.4) is 0 Å². The highest BCUT2D eigenvalue weighted by atomic mass is 16.5. The van der Waals surface area contributed by atoms with Crippen LogP contribution in [0.1, 0.15) is 30.8 Å². The first-order valence-electron chi connectivity index (χ1n) is 7.77. The van der Waals surface area contributed by atoms with Crippen LogP contribution >= 0.6 is 0 Å². The van der Waals surface area contributed by atoms with Crippen molar-refractivity contribution in [2.24, 2.45) is 7.05 Å². The van der Waals surface area contributed by atoms with Crippen LogP contribution in [0, 0.1) is 0 Å². The van der Waals surface area contributed by atoms with Gasteiger partial charge in [0.25, 0.3) is 0 Å². The van der Waals surface area contributed by atoms with Gasteiger partial charge in [-0.1, -0.05) is 35.5 Å². The number of rotatable bonds is 6. The highest BCUT2D eigenvalue weighted by Crippen LogP contribution is 2.17. The van der Waals surface area contributed by atoms with Gasteiger partial charge in [0.05, 0.1) is 12.5 Å². The quantitative estimate of drug-likeness (QED) is 0.751. The molecule has 0 saturated heterocycles. The van der Waals surface area contributed by atoms with Crippen molar-refractivity contribution in [1.29, 1.82) is 0 Å². The van der Waals surface area contributed by atoms with Crippen LogP contribution in [0.2, 0.25) is 0 Å². The molecule has 0 fully saturated rings. The van der Waals surface area contributed by atoms with E-state index in [1.54, 1.807) is 17.1 Å². The maximum Gasteiger partial charge on any atom is 0.249 e. The minimum absolute atomic E-state index is 0.0494. The number of amides is 1. The second kappa shape index (κ2) is 7.08. The normalized spacial score (nSPS) is 12.1. The van der Waals surface area contributed by atoms with Gasteiger partial charge < -0.3 is 14.4 Å². The summed E-state index contributed by atoms with van der Waals surface area (Å²) >= 11 is 0. The van der Waals surface area contributed by atoms with Gasteiger partial charge >= 0.3 is 0 Å². The summed E-state index contributed by atoms with van der Waals surface area (Å²) in [4.78, 5) is 20.4. The Kier molecular flexibility index (Phi) is 4.69. The molecule has 1 atom stereocenters. The summed E-state index contributed by atoms with van der Waals surface area (Å²) in [6, 6.07) is 9.57. The third-order valence-corrected chi connectivity index (χ3v) is 3.72. The average Bonchev–Trinajstić information content (AvgIpc) is 3.22. The lowest BCUT2D eigenvalue weighted by atomic mass is 10.1. The lowest BCUT2D eigenvalue weighted by Gasteiger charge is -2.09. The second-order valence-electron chi connectivity index (χ2n) is 5.62. The SMILES string of the molecule is C[C@@H](NC(=O)CCc1ccccc1)c1nc(-c2cncn2C)no1. The summed E-state index contributed by atoms with van der Waals surface area (Å²) in [5, 5.41) is 6.83. The number of aromatic nitrogens is 4. The van der Waals surface area contributed by atoms with E-state index in [1.165, 1.54) is 0 Å². The van der Waals surface area contributed by atoms with E-state index >= 15 is 0 Å². The molecule has 0 bridgehead atoms. The summed E-state index contributed by atoms with van der Waals surface area (Å²) in [6.45, 7) is 1.82. The first-order valence-corrected chi connectivity index (χ1v) is 7.77. The summed E-state index contributed by atoms with van der Waals surface area (Å²) in [5.41, 5.74) is 1.89. The van der Waals surface area contributed by atoms with Gasteiger partial charge in [0.2, 0.25) is 17.6 Å². The third kappa shape index (κ3) is 3.68. The van der Waals surface area contributed by atoms with Gasteiger partial charge in [0.1, 0.15) is 11.7 Å². The Morgan fingerprint density at radius 2 is 2.12 bits per heavy atom. The molecule has 124 valence electrons. The standard InChI is InChI=1S/C17H19N5O2/c1-12(19-15(23)9-8-13-6-4-3-5-7-13)17-20-16(21-24-17)14-10-18-11-22(14)2/h3-7,10-12H,8-9H2,1-2H3,(H,19,23)/t12-/m1/s1. The number of hydrogen-bond donors (Lipinski definition) is 1. The van der Waals surface area contributed by atoms with Crippen LogP contribution in [0.25, 0.3) is 11.5 Å². The van der Waals surface area contributed by atoms with Crippen molar-refractivity contribution in [2.45, 2.75) is 25.8 Å². The van der Waals surface area contributed by atoms with Gasteiger partial charge in [-0.3, -0.25) is 4.79 Å². The topological polar surface area (TPSA) is 85.8 Å². The number of carbonyl (C=O) groups is 1. The predicted molar refractivity (Wildman–Crippen MR) is 87.8 cm³/mol. The van der Waals surface area contributed by atoms with E-state index in [0.717, 1.165) is 11.3 Å². The molecule has 0 radical (unpaired) electrons. The first-order chi connectivity index (χ1) is 11.6. The van der Waals surface area contributed by atoms with Crippen LogP contribution in [-0.4, -0.2) is 25.6 Å². The number of nitrogens with one attached hydrogen (secondary N) is 1. The Morgan fingerprint density at radius 1 is 1.33 bits per heavy atom. The van der Waals surface area contributed by atoms with Gasteiger partial charge in [-0.25, -0.2) is 4.98 Å². The summed E-state index contributed by atoms with van der Waals surface area (Å²) in [7, 11) is 1.85. The predicted octanol–water partition coefficient (Wildman–Crippen LogP) is 2.28. The van der Waals surface area contributed by atoms with Crippen molar-refractivity contribution < 1.29 is 9.32 Å². The second-order valence-corrected chi connectivity index (χ2v) is 5.62. The van der Waals surface area contributed by atoms with Crippen molar-refractivity contribution in [3.8, 4) is 11.5 Å². The van der Waals surface area contributed by atoms with Gasteiger partial charge in [-0.05, 0) is 18.9 Å². The molecule has 1 N–H and O–H groups in total.